The van der Waals surface area contributed by atoms with Crippen molar-refractivity contribution in [2.45, 2.75) is 24.5 Å². The Hall–Kier alpha value is -4.16. The topological polar surface area (TPSA) is 80.2 Å². The Morgan fingerprint density at radius 3 is 2.30 bits per heavy atom. The molecule has 1 amide bonds. The molecule has 6 heteroatoms. The molecule has 2 atom stereocenters. The Labute approximate surface area is 218 Å². The molecule has 0 saturated carbocycles. The number of hydrogen-bond donors (Lipinski definition) is 2. The second-order valence-corrected chi connectivity index (χ2v) is 8.77. The molecule has 0 saturated heterocycles. The zero-order valence-corrected chi connectivity index (χ0v) is 20.8. The second kappa shape index (κ2) is 12.2. The van der Waals surface area contributed by atoms with Crippen LogP contribution in [-0.2, 0) is 9.53 Å². The van der Waals surface area contributed by atoms with Crippen LogP contribution >= 0.6 is 0 Å². The lowest BCUT2D eigenvalue weighted by Crippen LogP contribution is -2.48. The van der Waals surface area contributed by atoms with E-state index in [-0.39, 0.29) is 12.5 Å². The number of nitrogens with one attached hydrogen (secondary N) is 1. The fourth-order valence-electron chi connectivity index (χ4n) is 4.33. The standard InChI is InChI=1S/C31H32N2O4/c1-3-19-31(30(35)32-20-4-2)28(25-13-11-24(12-14-25)23-9-6-5-7-10-23)37-29(33-31)26-15-17-27(18-16-26)36-22-8-21-34/h3-7,9-18,28,34H,1-2,8,19-22H2,(H,32,35)/t28-,31-/m1/s1. The maximum Gasteiger partial charge on any atom is 0.252 e. The van der Waals surface area contributed by atoms with Crippen LogP contribution in [0.2, 0.25) is 0 Å². The van der Waals surface area contributed by atoms with E-state index in [0.29, 0.717) is 37.6 Å². The van der Waals surface area contributed by atoms with Gasteiger partial charge in [0.25, 0.3) is 5.91 Å². The number of aliphatic imine (C=N–C) groups is 1. The van der Waals surface area contributed by atoms with Crippen molar-refractivity contribution in [2.24, 2.45) is 4.99 Å². The second-order valence-electron chi connectivity index (χ2n) is 8.77. The fourth-order valence-corrected chi connectivity index (χ4v) is 4.33. The zero-order chi connectivity index (χ0) is 26.1. The van der Waals surface area contributed by atoms with Crippen LogP contribution in [0, 0.1) is 0 Å². The molecule has 0 spiro atoms. The van der Waals surface area contributed by atoms with Crippen LogP contribution in [0.25, 0.3) is 11.1 Å². The molecule has 3 aromatic carbocycles. The van der Waals surface area contributed by atoms with Crippen LogP contribution in [0.4, 0.5) is 0 Å². The summed E-state index contributed by atoms with van der Waals surface area (Å²) in [5.74, 6) is 0.822. The molecule has 0 aromatic heterocycles. The summed E-state index contributed by atoms with van der Waals surface area (Å²) in [4.78, 5) is 18.4. The van der Waals surface area contributed by atoms with Crippen LogP contribution < -0.4 is 10.1 Å². The van der Waals surface area contributed by atoms with Gasteiger partial charge in [-0.3, -0.25) is 4.79 Å². The zero-order valence-electron chi connectivity index (χ0n) is 20.8. The van der Waals surface area contributed by atoms with Crippen molar-refractivity contribution in [1.29, 1.82) is 0 Å². The summed E-state index contributed by atoms with van der Waals surface area (Å²) < 4.78 is 12.1. The molecule has 1 aliphatic heterocycles. The van der Waals surface area contributed by atoms with Gasteiger partial charge in [0.1, 0.15) is 5.75 Å². The molecule has 3 aromatic rings. The van der Waals surface area contributed by atoms with Gasteiger partial charge in [-0.25, -0.2) is 4.99 Å². The third kappa shape index (κ3) is 5.81. The minimum Gasteiger partial charge on any atom is -0.494 e. The maximum atomic E-state index is 13.5. The predicted octanol–water partition coefficient (Wildman–Crippen LogP) is 5.25. The van der Waals surface area contributed by atoms with Gasteiger partial charge in [0.2, 0.25) is 5.90 Å². The lowest BCUT2D eigenvalue weighted by atomic mass is 9.84. The molecule has 0 radical (unpaired) electrons. The van der Waals surface area contributed by atoms with Gasteiger partial charge >= 0.3 is 0 Å². The number of aliphatic hydroxyl groups is 1. The Morgan fingerprint density at radius 2 is 1.65 bits per heavy atom. The fraction of sp³-hybridized carbons (Fsp3) is 0.226. The van der Waals surface area contributed by atoms with E-state index in [9.17, 15) is 4.79 Å². The molecule has 6 nitrogen and oxygen atoms in total. The number of carbonyl (C=O) groups is 1. The van der Waals surface area contributed by atoms with E-state index in [1.807, 2.05) is 66.7 Å². The normalized spacial score (nSPS) is 18.4. The van der Waals surface area contributed by atoms with Crippen molar-refractivity contribution in [3.8, 4) is 16.9 Å². The number of hydrogen-bond acceptors (Lipinski definition) is 5. The highest BCUT2D eigenvalue weighted by atomic mass is 16.5. The average Bonchev–Trinajstić information content (AvgIpc) is 3.33. The molecular weight excluding hydrogens is 464 g/mol. The smallest absolute Gasteiger partial charge is 0.252 e. The first kappa shape index (κ1) is 25.9. The van der Waals surface area contributed by atoms with E-state index in [1.54, 1.807) is 12.2 Å². The molecule has 190 valence electrons. The van der Waals surface area contributed by atoms with Gasteiger partial charge in [0, 0.05) is 31.6 Å². The Kier molecular flexibility index (Phi) is 8.54. The number of benzene rings is 3. The van der Waals surface area contributed by atoms with Gasteiger partial charge in [-0.05, 0) is 41.0 Å². The monoisotopic (exact) mass is 496 g/mol. The van der Waals surface area contributed by atoms with E-state index in [0.717, 1.165) is 22.3 Å². The quantitative estimate of drug-likeness (QED) is 0.265. The first-order chi connectivity index (χ1) is 18.1. The molecule has 37 heavy (non-hydrogen) atoms. The number of amides is 1. The van der Waals surface area contributed by atoms with E-state index in [2.05, 4.69) is 30.6 Å². The molecule has 1 heterocycles. The summed E-state index contributed by atoms with van der Waals surface area (Å²) in [5, 5.41) is 11.9. The number of nitrogens with zero attached hydrogens (tertiary/aromatic N) is 1. The highest BCUT2D eigenvalue weighted by Crippen LogP contribution is 2.43. The van der Waals surface area contributed by atoms with E-state index in [1.165, 1.54) is 0 Å². The Balaban J connectivity index is 1.68. The molecule has 1 aliphatic rings. The molecule has 0 fully saturated rings. The van der Waals surface area contributed by atoms with Crippen molar-refractivity contribution in [1.82, 2.24) is 5.32 Å². The SMILES string of the molecule is C=CCNC(=O)[C@]1(CC=C)N=C(c2ccc(OCCCO)cc2)O[C@@H]1c1ccc(-c2ccccc2)cc1. The van der Waals surface area contributed by atoms with E-state index in [4.69, 9.17) is 19.6 Å². The van der Waals surface area contributed by atoms with Gasteiger partial charge in [-0.2, -0.15) is 0 Å². The van der Waals surface area contributed by atoms with Crippen LogP contribution in [0.1, 0.15) is 30.1 Å². The summed E-state index contributed by atoms with van der Waals surface area (Å²) in [6.07, 6.45) is 3.56. The first-order valence-corrected chi connectivity index (χ1v) is 12.4. The first-order valence-electron chi connectivity index (χ1n) is 12.4. The highest BCUT2D eigenvalue weighted by molar-refractivity contribution is 6.01. The van der Waals surface area contributed by atoms with Gasteiger partial charge < -0.3 is 19.9 Å². The van der Waals surface area contributed by atoms with Gasteiger partial charge in [-0.15, -0.1) is 13.2 Å². The van der Waals surface area contributed by atoms with Gasteiger partial charge in [-0.1, -0.05) is 66.7 Å². The highest BCUT2D eigenvalue weighted by Gasteiger charge is 2.52. The molecule has 0 unspecified atom stereocenters. The number of carbonyl (C=O) groups excluding carboxylic acids is 1. The number of rotatable bonds is 12. The van der Waals surface area contributed by atoms with E-state index < -0.39 is 11.6 Å². The van der Waals surface area contributed by atoms with Crippen molar-refractivity contribution in [3.05, 3.63) is 115 Å². The Bertz CT molecular complexity index is 1240. The van der Waals surface area contributed by atoms with Gasteiger partial charge in [0.15, 0.2) is 11.6 Å². The number of ether oxygens (including phenoxy) is 2. The third-order valence-corrected chi connectivity index (χ3v) is 6.21. The van der Waals surface area contributed by atoms with Crippen molar-refractivity contribution >= 4 is 11.8 Å². The molecule has 0 bridgehead atoms. The minimum atomic E-state index is -1.22. The molecule has 0 aliphatic carbocycles. The molecule has 4 rings (SSSR count). The summed E-state index contributed by atoms with van der Waals surface area (Å²) in [6, 6.07) is 25.5. The van der Waals surface area contributed by atoms with Gasteiger partial charge in [0.05, 0.1) is 6.61 Å². The van der Waals surface area contributed by atoms with Crippen molar-refractivity contribution in [3.63, 3.8) is 0 Å². The summed E-state index contributed by atoms with van der Waals surface area (Å²) in [7, 11) is 0. The third-order valence-electron chi connectivity index (χ3n) is 6.21. The lowest BCUT2D eigenvalue weighted by molar-refractivity contribution is -0.128. The maximum absolute atomic E-state index is 13.5. The largest absolute Gasteiger partial charge is 0.494 e. The van der Waals surface area contributed by atoms with Crippen LogP contribution in [0.5, 0.6) is 5.75 Å². The average molecular weight is 497 g/mol. The molecule has 2 N–H and O–H groups in total. The summed E-state index contributed by atoms with van der Waals surface area (Å²) in [6.45, 7) is 8.44. The van der Waals surface area contributed by atoms with Crippen LogP contribution in [0.3, 0.4) is 0 Å². The summed E-state index contributed by atoms with van der Waals surface area (Å²) >= 11 is 0. The van der Waals surface area contributed by atoms with E-state index >= 15 is 0 Å². The lowest BCUT2D eigenvalue weighted by Gasteiger charge is -2.29. The number of aliphatic hydroxyl groups excluding tert-OH is 1. The Morgan fingerprint density at radius 1 is 0.973 bits per heavy atom. The van der Waals surface area contributed by atoms with Crippen molar-refractivity contribution < 1.29 is 19.4 Å². The van der Waals surface area contributed by atoms with Crippen LogP contribution in [0.15, 0.2) is 109 Å². The summed E-state index contributed by atoms with van der Waals surface area (Å²) in [5.41, 5.74) is 2.55. The molecular formula is C31H32N2O4. The minimum absolute atomic E-state index is 0.0791. The van der Waals surface area contributed by atoms with Crippen LogP contribution in [-0.4, -0.2) is 42.2 Å². The van der Waals surface area contributed by atoms with Crippen molar-refractivity contribution in [2.75, 3.05) is 19.8 Å². The predicted molar refractivity (Wildman–Crippen MR) is 147 cm³/mol.